The predicted octanol–water partition coefficient (Wildman–Crippen LogP) is 1.37. The summed E-state index contributed by atoms with van der Waals surface area (Å²) in [4.78, 5) is 11.0. The Morgan fingerprint density at radius 2 is 2.20 bits per heavy atom. The zero-order valence-corrected chi connectivity index (χ0v) is 6.14. The third-order valence-corrected chi connectivity index (χ3v) is 1.48. The van der Waals surface area contributed by atoms with E-state index in [2.05, 4.69) is 12.6 Å². The van der Waals surface area contributed by atoms with Crippen LogP contribution in [0.3, 0.4) is 0 Å². The largest absolute Gasteiger partial charge is 0.398 e. The minimum Gasteiger partial charge on any atom is -0.398 e. The summed E-state index contributed by atoms with van der Waals surface area (Å²) in [5.74, 6) is 0. The molecule has 10 heavy (non-hydrogen) atoms. The molecule has 0 saturated carbocycles. The van der Waals surface area contributed by atoms with Gasteiger partial charge in [0.15, 0.2) is 6.29 Å². The first-order chi connectivity index (χ1) is 4.74. The van der Waals surface area contributed by atoms with Gasteiger partial charge in [-0.15, -0.1) is 12.6 Å². The van der Waals surface area contributed by atoms with Gasteiger partial charge in [0.05, 0.1) is 0 Å². The van der Waals surface area contributed by atoms with Crippen molar-refractivity contribution in [3.05, 3.63) is 23.8 Å². The highest BCUT2D eigenvalue weighted by atomic mass is 32.1. The van der Waals surface area contributed by atoms with Crippen LogP contribution < -0.4 is 5.73 Å². The number of aldehydes is 1. The number of benzene rings is 1. The topological polar surface area (TPSA) is 43.1 Å². The minimum absolute atomic E-state index is 0.493. The SMILES string of the molecule is Nc1ccc(S)cc1C=O. The van der Waals surface area contributed by atoms with E-state index in [1.165, 1.54) is 0 Å². The Morgan fingerprint density at radius 1 is 1.50 bits per heavy atom. The summed E-state index contributed by atoms with van der Waals surface area (Å²) in [5, 5.41) is 0. The van der Waals surface area contributed by atoms with Gasteiger partial charge in [0.2, 0.25) is 0 Å². The molecule has 0 amide bonds. The second-order valence-electron chi connectivity index (χ2n) is 1.93. The fourth-order valence-electron chi connectivity index (χ4n) is 0.664. The van der Waals surface area contributed by atoms with E-state index >= 15 is 0 Å². The van der Waals surface area contributed by atoms with Crippen LogP contribution in [0, 0.1) is 0 Å². The monoisotopic (exact) mass is 153 g/mol. The quantitative estimate of drug-likeness (QED) is 0.363. The molecule has 0 spiro atoms. The van der Waals surface area contributed by atoms with Gasteiger partial charge in [-0.2, -0.15) is 0 Å². The lowest BCUT2D eigenvalue weighted by Gasteiger charge is -1.96. The van der Waals surface area contributed by atoms with Gasteiger partial charge in [0, 0.05) is 16.1 Å². The van der Waals surface area contributed by atoms with Crippen LogP contribution in [-0.2, 0) is 0 Å². The van der Waals surface area contributed by atoms with E-state index in [0.29, 0.717) is 11.3 Å². The standard InChI is InChI=1S/C7H7NOS/c8-7-2-1-6(10)3-5(7)4-9/h1-4,10H,8H2. The number of thiol groups is 1. The number of hydrogen-bond donors (Lipinski definition) is 2. The number of nitrogen functional groups attached to an aromatic ring is 1. The molecule has 2 N–H and O–H groups in total. The summed E-state index contributed by atoms with van der Waals surface area (Å²) in [6.45, 7) is 0. The Labute approximate surface area is 64.5 Å². The third-order valence-electron chi connectivity index (χ3n) is 1.20. The fourth-order valence-corrected chi connectivity index (χ4v) is 0.878. The van der Waals surface area contributed by atoms with Gasteiger partial charge in [-0.05, 0) is 18.2 Å². The molecule has 0 radical (unpaired) electrons. The molecular formula is C7H7NOS. The van der Waals surface area contributed by atoms with Crippen LogP contribution in [0.1, 0.15) is 10.4 Å². The van der Waals surface area contributed by atoms with E-state index in [0.717, 1.165) is 11.2 Å². The third kappa shape index (κ3) is 1.30. The molecule has 0 heterocycles. The Balaban J connectivity index is 3.21. The molecule has 0 atom stereocenters. The van der Waals surface area contributed by atoms with E-state index in [1.54, 1.807) is 18.2 Å². The van der Waals surface area contributed by atoms with Crippen molar-refractivity contribution < 1.29 is 4.79 Å². The van der Waals surface area contributed by atoms with Crippen LogP contribution >= 0.6 is 12.6 Å². The number of hydrogen-bond acceptors (Lipinski definition) is 3. The molecule has 0 saturated heterocycles. The fraction of sp³-hybridized carbons (Fsp3) is 0. The highest BCUT2D eigenvalue weighted by Crippen LogP contribution is 2.13. The first-order valence-electron chi connectivity index (χ1n) is 2.77. The van der Waals surface area contributed by atoms with Crippen LogP contribution in [-0.4, -0.2) is 6.29 Å². The maximum atomic E-state index is 10.3. The molecule has 0 aromatic heterocycles. The Morgan fingerprint density at radius 3 is 2.70 bits per heavy atom. The Bertz CT molecular complexity index is 260. The molecule has 0 aliphatic heterocycles. The summed E-state index contributed by atoms with van der Waals surface area (Å²) < 4.78 is 0. The van der Waals surface area contributed by atoms with E-state index in [9.17, 15) is 4.79 Å². The molecule has 3 heteroatoms. The minimum atomic E-state index is 0.493. The zero-order chi connectivity index (χ0) is 7.56. The van der Waals surface area contributed by atoms with E-state index in [1.807, 2.05) is 0 Å². The molecule has 1 rings (SSSR count). The van der Waals surface area contributed by atoms with Crippen LogP contribution in [0.25, 0.3) is 0 Å². The molecule has 1 aromatic rings. The number of carbonyl (C=O) groups excluding carboxylic acids is 1. The van der Waals surface area contributed by atoms with Crippen molar-refractivity contribution in [2.45, 2.75) is 4.90 Å². The number of rotatable bonds is 1. The second-order valence-corrected chi connectivity index (χ2v) is 2.45. The maximum absolute atomic E-state index is 10.3. The van der Waals surface area contributed by atoms with Crippen LogP contribution in [0.15, 0.2) is 23.1 Å². The van der Waals surface area contributed by atoms with E-state index in [4.69, 9.17) is 5.73 Å². The highest BCUT2D eigenvalue weighted by Gasteiger charge is 1.95. The summed E-state index contributed by atoms with van der Waals surface area (Å²) in [6.07, 6.45) is 0.717. The lowest BCUT2D eigenvalue weighted by atomic mass is 10.2. The van der Waals surface area contributed by atoms with Crippen molar-refractivity contribution in [1.82, 2.24) is 0 Å². The van der Waals surface area contributed by atoms with Crippen molar-refractivity contribution in [3.63, 3.8) is 0 Å². The first-order valence-corrected chi connectivity index (χ1v) is 3.22. The molecule has 0 fully saturated rings. The van der Waals surface area contributed by atoms with Gasteiger partial charge >= 0.3 is 0 Å². The van der Waals surface area contributed by atoms with E-state index < -0.39 is 0 Å². The Kier molecular flexibility index (Phi) is 1.97. The normalized spacial score (nSPS) is 9.30. The van der Waals surface area contributed by atoms with Gasteiger partial charge in [-0.1, -0.05) is 0 Å². The summed E-state index contributed by atoms with van der Waals surface area (Å²) in [5.41, 5.74) is 6.42. The summed E-state index contributed by atoms with van der Waals surface area (Å²) in [6, 6.07) is 5.03. The summed E-state index contributed by atoms with van der Waals surface area (Å²) in [7, 11) is 0. The molecule has 0 aliphatic rings. The van der Waals surface area contributed by atoms with Gasteiger partial charge in [-0.3, -0.25) is 4.79 Å². The molecule has 0 unspecified atom stereocenters. The van der Waals surface area contributed by atoms with Crippen LogP contribution in [0.2, 0.25) is 0 Å². The smallest absolute Gasteiger partial charge is 0.152 e. The summed E-state index contributed by atoms with van der Waals surface area (Å²) >= 11 is 4.04. The van der Waals surface area contributed by atoms with Gasteiger partial charge < -0.3 is 5.73 Å². The van der Waals surface area contributed by atoms with Gasteiger partial charge in [0.25, 0.3) is 0 Å². The number of anilines is 1. The highest BCUT2D eigenvalue weighted by molar-refractivity contribution is 7.80. The lowest BCUT2D eigenvalue weighted by molar-refractivity contribution is 0.112. The van der Waals surface area contributed by atoms with Crippen molar-refractivity contribution in [3.8, 4) is 0 Å². The van der Waals surface area contributed by atoms with Crippen molar-refractivity contribution in [2.24, 2.45) is 0 Å². The average Bonchev–Trinajstić information content (AvgIpc) is 1.94. The average molecular weight is 153 g/mol. The second kappa shape index (κ2) is 2.75. The van der Waals surface area contributed by atoms with Gasteiger partial charge in [0.1, 0.15) is 0 Å². The van der Waals surface area contributed by atoms with Crippen molar-refractivity contribution in [1.29, 1.82) is 0 Å². The molecule has 1 aromatic carbocycles. The molecular weight excluding hydrogens is 146 g/mol. The van der Waals surface area contributed by atoms with E-state index in [-0.39, 0.29) is 0 Å². The first kappa shape index (κ1) is 7.15. The zero-order valence-electron chi connectivity index (χ0n) is 5.24. The van der Waals surface area contributed by atoms with Crippen molar-refractivity contribution in [2.75, 3.05) is 5.73 Å². The molecule has 0 bridgehead atoms. The van der Waals surface area contributed by atoms with Crippen molar-refractivity contribution >= 4 is 24.6 Å². The predicted molar refractivity (Wildman–Crippen MR) is 43.5 cm³/mol. The van der Waals surface area contributed by atoms with Gasteiger partial charge in [-0.25, -0.2) is 0 Å². The molecule has 52 valence electrons. The molecule has 0 aliphatic carbocycles. The lowest BCUT2D eigenvalue weighted by Crippen LogP contribution is -1.91. The Hall–Kier alpha value is -0.960. The number of carbonyl (C=O) groups is 1. The number of nitrogens with two attached hydrogens (primary N) is 1. The molecule has 2 nitrogen and oxygen atoms in total. The maximum Gasteiger partial charge on any atom is 0.152 e. The van der Waals surface area contributed by atoms with Crippen LogP contribution in [0.5, 0.6) is 0 Å². The van der Waals surface area contributed by atoms with Crippen LogP contribution in [0.4, 0.5) is 5.69 Å².